The number of rotatable bonds is 6. The molecule has 1 aliphatic heterocycles. The van der Waals surface area contributed by atoms with E-state index in [4.69, 9.17) is 4.42 Å². The predicted molar refractivity (Wildman–Crippen MR) is 220 cm³/mol. The van der Waals surface area contributed by atoms with E-state index in [1.165, 1.54) is 48.8 Å². The van der Waals surface area contributed by atoms with Gasteiger partial charge >= 0.3 is 0 Å². The number of hydrogen-bond donors (Lipinski definition) is 0. The maximum Gasteiger partial charge on any atom is 0.137 e. The highest BCUT2D eigenvalue weighted by molar-refractivity contribution is 6.11. The number of aromatic nitrogens is 2. The molecule has 3 aromatic heterocycles. The molecule has 0 saturated carbocycles. The second-order valence-corrected chi connectivity index (χ2v) is 13.4. The zero-order valence-corrected chi connectivity index (χ0v) is 28.8. The van der Waals surface area contributed by atoms with E-state index in [1.54, 1.807) is 0 Å². The van der Waals surface area contributed by atoms with Crippen molar-refractivity contribution in [2.45, 2.75) is 13.5 Å². The summed E-state index contributed by atoms with van der Waals surface area (Å²) in [5.41, 5.74) is 10.9. The SMILES string of the molecule is C=CC=c1c2n(c3ccc(N(c4ccc5c(c4)oc4ccccc45)c4ccc5c(c4)c4ccccc4n5-c4ccccc4)cc13)CC(=CC=CC)C=2. The monoisotopic (exact) mass is 669 g/mol. The minimum atomic E-state index is 0.842. The van der Waals surface area contributed by atoms with Crippen LogP contribution < -0.4 is 15.5 Å². The smallest absolute Gasteiger partial charge is 0.137 e. The van der Waals surface area contributed by atoms with E-state index in [1.807, 2.05) is 18.2 Å². The molecule has 0 amide bonds. The Labute approximate surface area is 301 Å². The van der Waals surface area contributed by atoms with Crippen molar-refractivity contribution < 1.29 is 4.42 Å². The Hall–Kier alpha value is -6.78. The van der Waals surface area contributed by atoms with Gasteiger partial charge < -0.3 is 18.5 Å². The van der Waals surface area contributed by atoms with E-state index in [2.05, 4.69) is 179 Å². The van der Waals surface area contributed by atoms with E-state index >= 15 is 0 Å². The molecule has 52 heavy (non-hydrogen) atoms. The molecule has 248 valence electrons. The van der Waals surface area contributed by atoms with Crippen LogP contribution in [0.15, 0.2) is 174 Å². The summed E-state index contributed by atoms with van der Waals surface area (Å²) >= 11 is 0. The molecule has 4 heteroatoms. The number of allylic oxidation sites excluding steroid dienone is 5. The normalized spacial score (nSPS) is 14.1. The molecule has 1 aliphatic rings. The van der Waals surface area contributed by atoms with Gasteiger partial charge in [-0.1, -0.05) is 91.6 Å². The van der Waals surface area contributed by atoms with Crippen molar-refractivity contribution in [1.82, 2.24) is 9.13 Å². The minimum Gasteiger partial charge on any atom is -0.456 e. The lowest BCUT2D eigenvalue weighted by Crippen LogP contribution is -2.25. The van der Waals surface area contributed by atoms with E-state index in [0.29, 0.717) is 0 Å². The minimum absolute atomic E-state index is 0.842. The molecular formula is C48H35N3O. The second kappa shape index (κ2) is 11.9. The molecule has 0 bridgehead atoms. The summed E-state index contributed by atoms with van der Waals surface area (Å²) in [5, 5.41) is 8.25. The van der Waals surface area contributed by atoms with Crippen molar-refractivity contribution in [3.8, 4) is 5.69 Å². The third kappa shape index (κ3) is 4.61. The third-order valence-electron chi connectivity index (χ3n) is 10.4. The van der Waals surface area contributed by atoms with Crippen molar-refractivity contribution in [2.24, 2.45) is 0 Å². The van der Waals surface area contributed by atoms with Crippen molar-refractivity contribution in [3.63, 3.8) is 0 Å². The van der Waals surface area contributed by atoms with Gasteiger partial charge in [-0.25, -0.2) is 0 Å². The van der Waals surface area contributed by atoms with Gasteiger partial charge in [-0.3, -0.25) is 0 Å². The van der Waals surface area contributed by atoms with Gasteiger partial charge in [-0.05, 0) is 91.4 Å². The Morgan fingerprint density at radius 1 is 0.615 bits per heavy atom. The topological polar surface area (TPSA) is 26.2 Å². The van der Waals surface area contributed by atoms with Crippen LogP contribution in [0.3, 0.4) is 0 Å². The van der Waals surface area contributed by atoms with Crippen LogP contribution in [-0.2, 0) is 6.54 Å². The summed E-state index contributed by atoms with van der Waals surface area (Å²) in [6.07, 6.45) is 12.7. The Bertz CT molecular complexity index is 3080. The average molecular weight is 670 g/mol. The maximum atomic E-state index is 6.43. The fourth-order valence-electron chi connectivity index (χ4n) is 8.13. The molecule has 0 unspecified atom stereocenters. The third-order valence-corrected chi connectivity index (χ3v) is 10.4. The van der Waals surface area contributed by atoms with Crippen LogP contribution in [0, 0.1) is 0 Å². The molecule has 4 heterocycles. The van der Waals surface area contributed by atoms with Gasteiger partial charge in [-0.2, -0.15) is 0 Å². The highest BCUT2D eigenvalue weighted by Crippen LogP contribution is 2.42. The van der Waals surface area contributed by atoms with Crippen molar-refractivity contribution in [1.29, 1.82) is 0 Å². The molecule has 9 aromatic rings. The van der Waals surface area contributed by atoms with Gasteiger partial charge in [0.05, 0.1) is 11.0 Å². The van der Waals surface area contributed by atoms with E-state index < -0.39 is 0 Å². The molecule has 0 radical (unpaired) electrons. The van der Waals surface area contributed by atoms with E-state index in [9.17, 15) is 0 Å². The van der Waals surface area contributed by atoms with Gasteiger partial charge in [0.25, 0.3) is 0 Å². The maximum absolute atomic E-state index is 6.43. The first-order valence-corrected chi connectivity index (χ1v) is 17.8. The van der Waals surface area contributed by atoms with Crippen LogP contribution >= 0.6 is 0 Å². The number of nitrogens with zero attached hydrogens (tertiary/aromatic N) is 3. The quantitative estimate of drug-likeness (QED) is 0.176. The first-order chi connectivity index (χ1) is 25.7. The second-order valence-electron chi connectivity index (χ2n) is 13.4. The number of furan rings is 1. The molecule has 0 saturated heterocycles. The molecule has 0 spiro atoms. The van der Waals surface area contributed by atoms with Crippen LogP contribution in [0.2, 0.25) is 0 Å². The Morgan fingerprint density at radius 3 is 2.12 bits per heavy atom. The predicted octanol–water partition coefficient (Wildman–Crippen LogP) is 11.4. The lowest BCUT2D eigenvalue weighted by Gasteiger charge is -2.26. The first kappa shape index (κ1) is 30.1. The van der Waals surface area contributed by atoms with Gasteiger partial charge in [0.2, 0.25) is 0 Å². The van der Waals surface area contributed by atoms with Gasteiger partial charge in [-0.15, -0.1) is 0 Å². The van der Waals surface area contributed by atoms with Crippen LogP contribution in [0.1, 0.15) is 6.92 Å². The Balaban J connectivity index is 1.23. The molecule has 0 fully saturated rings. The zero-order chi connectivity index (χ0) is 34.8. The molecule has 4 nitrogen and oxygen atoms in total. The molecule has 10 rings (SSSR count). The number of para-hydroxylation sites is 3. The van der Waals surface area contributed by atoms with Crippen LogP contribution in [0.4, 0.5) is 17.1 Å². The highest BCUT2D eigenvalue weighted by Gasteiger charge is 2.21. The van der Waals surface area contributed by atoms with Crippen LogP contribution in [-0.4, -0.2) is 9.13 Å². The van der Waals surface area contributed by atoms with Crippen molar-refractivity contribution >= 4 is 83.9 Å². The Morgan fingerprint density at radius 2 is 1.29 bits per heavy atom. The fourth-order valence-corrected chi connectivity index (χ4v) is 8.13. The fraction of sp³-hybridized carbons (Fsp3) is 0.0417. The van der Waals surface area contributed by atoms with Crippen LogP contribution in [0.25, 0.3) is 72.5 Å². The number of hydrogen-bond acceptors (Lipinski definition) is 2. The lowest BCUT2D eigenvalue weighted by molar-refractivity contribution is 0.669. The summed E-state index contributed by atoms with van der Waals surface area (Å²) in [4.78, 5) is 2.36. The van der Waals surface area contributed by atoms with Gasteiger partial charge in [0.15, 0.2) is 0 Å². The number of fused-ring (bicyclic) bond motifs is 9. The van der Waals surface area contributed by atoms with Gasteiger partial charge in [0.1, 0.15) is 11.2 Å². The number of anilines is 3. The molecule has 0 aliphatic carbocycles. The largest absolute Gasteiger partial charge is 0.456 e. The first-order valence-electron chi connectivity index (χ1n) is 17.8. The Kier molecular flexibility index (Phi) is 6.90. The summed E-state index contributed by atoms with van der Waals surface area (Å²) in [5.74, 6) is 0. The summed E-state index contributed by atoms with van der Waals surface area (Å²) in [6, 6.07) is 47.9. The van der Waals surface area contributed by atoms with Crippen molar-refractivity contribution in [3.05, 3.63) is 180 Å². The van der Waals surface area contributed by atoms with Gasteiger partial charge in [0, 0.05) is 78.4 Å². The summed E-state index contributed by atoms with van der Waals surface area (Å²) in [6.45, 7) is 6.98. The summed E-state index contributed by atoms with van der Waals surface area (Å²) < 4.78 is 11.2. The average Bonchev–Trinajstić information content (AvgIpc) is 3.93. The highest BCUT2D eigenvalue weighted by atomic mass is 16.3. The van der Waals surface area contributed by atoms with Crippen LogP contribution in [0.5, 0.6) is 0 Å². The molecule has 0 N–H and O–H groups in total. The molecule has 6 aromatic carbocycles. The standard InChI is InChI=1S/C48H35N3O/c1-3-5-14-32-27-46-37(13-4-2)41-28-34(22-25-43(41)49(46)31-32)50(36-21-24-40-39-18-10-12-20-47(39)52-48(40)30-36)35-23-26-45-42(29-35)38-17-9-11-19-44(38)51(45)33-15-7-6-8-16-33/h3-30H,2,31H2,1H3. The summed E-state index contributed by atoms with van der Waals surface area (Å²) in [7, 11) is 0. The zero-order valence-electron chi connectivity index (χ0n) is 28.8. The molecular weight excluding hydrogens is 635 g/mol. The lowest BCUT2D eigenvalue weighted by atomic mass is 10.1. The molecule has 0 atom stereocenters. The van der Waals surface area contributed by atoms with Crippen molar-refractivity contribution in [2.75, 3.05) is 4.90 Å². The van der Waals surface area contributed by atoms with E-state index in [0.717, 1.165) is 51.2 Å². The van der Waals surface area contributed by atoms with E-state index in [-0.39, 0.29) is 0 Å². The number of benzene rings is 6.